The molecule has 0 heterocycles. The highest BCUT2D eigenvalue weighted by molar-refractivity contribution is 6.33. The quantitative estimate of drug-likeness (QED) is 0.0749. The topological polar surface area (TPSA) is 9.23 Å². The highest BCUT2D eigenvalue weighted by Gasteiger charge is 2.30. The molecule has 12 heteroatoms. The molecule has 0 bridgehead atoms. The van der Waals surface area contributed by atoms with Crippen LogP contribution in [0.25, 0.3) is 39.5 Å². The van der Waals surface area contributed by atoms with Crippen molar-refractivity contribution in [3.8, 4) is 39.1 Å². The molecule has 0 aliphatic heterocycles. The van der Waals surface area contributed by atoms with E-state index in [2.05, 4.69) is 11.7 Å². The van der Waals surface area contributed by atoms with Crippen molar-refractivity contribution in [2.45, 2.75) is 38.7 Å². The molecule has 5 aromatic carbocycles. The maximum Gasteiger partial charge on any atom is 0.419 e. The SMILES string of the molecule is CCCCCc1ccc(-c2cc(F)c(-c3cc(F)c(-c4cc(F)c(C=CC(F)(F)Oc5cc(F)c(F)c(F)c5)c(F)c4)c(F)c3)c(Cl)c2)cc1. The third-order valence-corrected chi connectivity index (χ3v) is 8.05. The third kappa shape index (κ3) is 8.16. The molecule has 0 saturated carbocycles. The molecule has 0 N–H and O–H groups in total. The van der Waals surface area contributed by atoms with Gasteiger partial charge in [-0.15, -0.1) is 0 Å². The molecule has 0 aromatic heterocycles. The molecular weight excluding hydrogens is 698 g/mol. The molecule has 0 atom stereocenters. The molecule has 1 nitrogen and oxygen atoms in total. The monoisotopic (exact) mass is 722 g/mol. The summed E-state index contributed by atoms with van der Waals surface area (Å²) >= 11 is 6.38. The summed E-state index contributed by atoms with van der Waals surface area (Å²) < 4.78 is 148. The van der Waals surface area contributed by atoms with Gasteiger partial charge in [0.2, 0.25) is 0 Å². The summed E-state index contributed by atoms with van der Waals surface area (Å²) in [6.07, 6.45) is -0.189. The second-order valence-electron chi connectivity index (χ2n) is 11.3. The molecule has 260 valence electrons. The number of hydrogen-bond acceptors (Lipinski definition) is 1. The Morgan fingerprint density at radius 2 is 1.12 bits per heavy atom. The molecular formula is C38H25ClF10O. The number of rotatable bonds is 11. The predicted octanol–water partition coefficient (Wildman–Crippen LogP) is 12.9. The number of halogens is 11. The van der Waals surface area contributed by atoms with Gasteiger partial charge in [-0.2, -0.15) is 8.78 Å². The summed E-state index contributed by atoms with van der Waals surface area (Å²) in [4.78, 5) is 0. The van der Waals surface area contributed by atoms with Gasteiger partial charge in [0.15, 0.2) is 17.5 Å². The number of unbranched alkanes of at least 4 members (excludes halogenated alkanes) is 2. The first-order chi connectivity index (χ1) is 23.7. The van der Waals surface area contributed by atoms with Crippen LogP contribution in [-0.4, -0.2) is 6.11 Å². The lowest BCUT2D eigenvalue weighted by molar-refractivity contribution is -0.131. The van der Waals surface area contributed by atoms with E-state index in [1.54, 1.807) is 0 Å². The average molecular weight is 723 g/mol. The fraction of sp³-hybridized carbons (Fsp3) is 0.158. The lowest BCUT2D eigenvalue weighted by Crippen LogP contribution is -2.21. The average Bonchev–Trinajstić information content (AvgIpc) is 3.03. The Bertz CT molecular complexity index is 1980. The Kier molecular flexibility index (Phi) is 11.0. The van der Waals surface area contributed by atoms with Gasteiger partial charge in [-0.05, 0) is 83.1 Å². The second-order valence-corrected chi connectivity index (χ2v) is 11.7. The fourth-order valence-electron chi connectivity index (χ4n) is 5.30. The minimum atomic E-state index is -4.39. The van der Waals surface area contributed by atoms with E-state index in [4.69, 9.17) is 11.6 Å². The summed E-state index contributed by atoms with van der Waals surface area (Å²) in [7, 11) is 0. The Morgan fingerprint density at radius 1 is 0.600 bits per heavy atom. The van der Waals surface area contributed by atoms with Gasteiger partial charge in [0.25, 0.3) is 0 Å². The largest absolute Gasteiger partial charge is 0.429 e. The van der Waals surface area contributed by atoms with Gasteiger partial charge in [-0.1, -0.05) is 55.6 Å². The third-order valence-electron chi connectivity index (χ3n) is 7.75. The number of hydrogen-bond donors (Lipinski definition) is 0. The molecule has 0 unspecified atom stereocenters. The van der Waals surface area contributed by atoms with Crippen LogP contribution in [0.3, 0.4) is 0 Å². The van der Waals surface area contributed by atoms with Crippen LogP contribution in [0.2, 0.25) is 5.02 Å². The highest BCUT2D eigenvalue weighted by Crippen LogP contribution is 2.39. The smallest absolute Gasteiger partial charge is 0.419 e. The first-order valence-electron chi connectivity index (χ1n) is 15.1. The zero-order valence-electron chi connectivity index (χ0n) is 26.0. The Balaban J connectivity index is 1.39. The summed E-state index contributed by atoms with van der Waals surface area (Å²) in [6, 6.07) is 12.8. The summed E-state index contributed by atoms with van der Waals surface area (Å²) in [5.74, 6) is -13.3. The molecule has 0 amide bonds. The zero-order chi connectivity index (χ0) is 36.3. The fourth-order valence-corrected chi connectivity index (χ4v) is 5.62. The minimum absolute atomic E-state index is 0.136. The maximum atomic E-state index is 15.4. The van der Waals surface area contributed by atoms with E-state index >= 15 is 13.2 Å². The van der Waals surface area contributed by atoms with Crippen molar-refractivity contribution in [3.05, 3.63) is 142 Å². The van der Waals surface area contributed by atoms with Crippen molar-refractivity contribution < 1.29 is 48.6 Å². The Hall–Kier alpha value is -4.77. The first-order valence-corrected chi connectivity index (χ1v) is 15.5. The van der Waals surface area contributed by atoms with E-state index in [1.807, 2.05) is 24.3 Å². The van der Waals surface area contributed by atoms with E-state index in [0.29, 0.717) is 23.3 Å². The molecule has 0 aliphatic rings. The van der Waals surface area contributed by atoms with Gasteiger partial charge < -0.3 is 4.74 Å². The number of alkyl halides is 2. The van der Waals surface area contributed by atoms with Gasteiger partial charge in [0.05, 0.1) is 10.6 Å². The van der Waals surface area contributed by atoms with Crippen LogP contribution in [0.15, 0.2) is 78.9 Å². The van der Waals surface area contributed by atoms with Gasteiger partial charge in [0.1, 0.15) is 34.8 Å². The van der Waals surface area contributed by atoms with Crippen molar-refractivity contribution in [1.82, 2.24) is 0 Å². The molecule has 0 spiro atoms. The lowest BCUT2D eigenvalue weighted by atomic mass is 9.95. The van der Waals surface area contributed by atoms with Gasteiger partial charge in [0, 0.05) is 29.3 Å². The van der Waals surface area contributed by atoms with Crippen molar-refractivity contribution in [2.24, 2.45) is 0 Å². The van der Waals surface area contributed by atoms with Crippen LogP contribution in [-0.2, 0) is 6.42 Å². The standard InChI is InChI=1S/C38H25ClF10O/c1-2-3-4-5-20-6-8-21(9-7-20)22-12-27(39)35(30(42)13-22)23-16-31(43)36(32(44)17-23)24-14-28(40)26(29(41)15-24)10-11-38(48,49)50-25-18-33(45)37(47)34(46)19-25/h6-19H,2-5H2,1H3. The van der Waals surface area contributed by atoms with Crippen molar-refractivity contribution >= 4 is 17.7 Å². The van der Waals surface area contributed by atoms with E-state index < -0.39 is 75.1 Å². The number of aryl methyl sites for hydroxylation is 1. The van der Waals surface area contributed by atoms with Crippen LogP contribution < -0.4 is 4.74 Å². The minimum Gasteiger partial charge on any atom is -0.429 e. The van der Waals surface area contributed by atoms with Gasteiger partial charge in [-0.25, -0.2) is 35.1 Å². The molecule has 50 heavy (non-hydrogen) atoms. The molecule has 0 radical (unpaired) electrons. The normalized spacial score (nSPS) is 11.8. The van der Waals surface area contributed by atoms with Gasteiger partial charge >= 0.3 is 6.11 Å². The number of ether oxygens (including phenoxy) is 1. The van der Waals surface area contributed by atoms with Crippen LogP contribution in [0.4, 0.5) is 43.9 Å². The van der Waals surface area contributed by atoms with Crippen molar-refractivity contribution in [3.63, 3.8) is 0 Å². The van der Waals surface area contributed by atoms with Crippen molar-refractivity contribution in [1.29, 1.82) is 0 Å². The second kappa shape index (κ2) is 15.0. The maximum absolute atomic E-state index is 15.4. The van der Waals surface area contributed by atoms with Crippen LogP contribution in [0.1, 0.15) is 37.3 Å². The van der Waals surface area contributed by atoms with E-state index in [1.165, 1.54) is 12.1 Å². The summed E-state index contributed by atoms with van der Waals surface area (Å²) in [5, 5.41) is -0.151. The Morgan fingerprint density at radius 3 is 1.68 bits per heavy atom. The molecule has 0 aliphatic carbocycles. The number of benzene rings is 5. The van der Waals surface area contributed by atoms with Crippen LogP contribution in [0, 0.1) is 46.5 Å². The predicted molar refractivity (Wildman–Crippen MR) is 172 cm³/mol. The molecule has 5 aromatic rings. The zero-order valence-corrected chi connectivity index (χ0v) is 26.7. The highest BCUT2D eigenvalue weighted by atomic mass is 35.5. The molecule has 0 fully saturated rings. The van der Waals surface area contributed by atoms with Crippen LogP contribution in [0.5, 0.6) is 5.75 Å². The van der Waals surface area contributed by atoms with Crippen molar-refractivity contribution in [2.75, 3.05) is 0 Å². The van der Waals surface area contributed by atoms with E-state index in [-0.39, 0.29) is 40.4 Å². The Labute approximate surface area is 285 Å². The first kappa shape index (κ1) is 36.5. The summed E-state index contributed by atoms with van der Waals surface area (Å²) in [6.45, 7) is 2.11. The summed E-state index contributed by atoms with van der Waals surface area (Å²) in [5.41, 5.74) is -1.03. The lowest BCUT2D eigenvalue weighted by Gasteiger charge is -2.15. The molecule has 0 saturated heterocycles. The van der Waals surface area contributed by atoms with Crippen LogP contribution >= 0.6 is 11.6 Å². The molecule has 5 rings (SSSR count). The van der Waals surface area contributed by atoms with Gasteiger partial charge in [-0.3, -0.25) is 0 Å². The van der Waals surface area contributed by atoms with E-state index in [0.717, 1.165) is 43.4 Å². The van der Waals surface area contributed by atoms with E-state index in [9.17, 15) is 30.7 Å².